The van der Waals surface area contributed by atoms with Crippen molar-refractivity contribution in [2.75, 3.05) is 11.9 Å². The molecule has 1 amide bonds. The lowest BCUT2D eigenvalue weighted by Crippen LogP contribution is -2.17. The molecule has 0 aromatic heterocycles. The first-order chi connectivity index (χ1) is 11.2. The average molecular weight is 374 g/mol. The summed E-state index contributed by atoms with van der Waals surface area (Å²) in [5.74, 6) is -0.224. The summed E-state index contributed by atoms with van der Waals surface area (Å²) in [5.41, 5.74) is 5.06. The van der Waals surface area contributed by atoms with Gasteiger partial charge in [0.1, 0.15) is 0 Å². The summed E-state index contributed by atoms with van der Waals surface area (Å²) < 4.78 is 1.01. The van der Waals surface area contributed by atoms with Gasteiger partial charge in [-0.05, 0) is 48.4 Å². The molecular formula is C18H20BrN3O. The maximum atomic E-state index is 12.0. The Morgan fingerprint density at radius 1 is 1.13 bits per heavy atom. The smallest absolute Gasteiger partial charge is 0.271 e. The second-order valence-corrected chi connectivity index (χ2v) is 6.02. The predicted molar refractivity (Wildman–Crippen MR) is 99.0 cm³/mol. The van der Waals surface area contributed by atoms with Crippen molar-refractivity contribution >= 4 is 33.7 Å². The van der Waals surface area contributed by atoms with E-state index in [9.17, 15) is 4.79 Å². The van der Waals surface area contributed by atoms with Crippen LogP contribution in [0.25, 0.3) is 0 Å². The Bertz CT molecular complexity index is 651. The number of nitrogens with one attached hydrogen (secondary N) is 2. The van der Waals surface area contributed by atoms with Crippen LogP contribution in [0.15, 0.2) is 58.1 Å². The minimum Gasteiger partial charge on any atom is -0.385 e. The van der Waals surface area contributed by atoms with Crippen LogP contribution in [0.1, 0.15) is 35.7 Å². The first-order valence-corrected chi connectivity index (χ1v) is 8.41. The maximum absolute atomic E-state index is 12.0. The molecule has 0 bridgehead atoms. The van der Waals surface area contributed by atoms with Gasteiger partial charge in [0.2, 0.25) is 0 Å². The van der Waals surface area contributed by atoms with Gasteiger partial charge < -0.3 is 5.32 Å². The lowest BCUT2D eigenvalue weighted by atomic mass is 10.2. The third-order valence-electron chi connectivity index (χ3n) is 3.26. The van der Waals surface area contributed by atoms with E-state index in [0.717, 1.165) is 35.1 Å². The van der Waals surface area contributed by atoms with E-state index in [2.05, 4.69) is 38.7 Å². The standard InChI is InChI=1S/C18H20BrN3O/c1-2-3-12-20-17-10-6-15(7-11-17)18(23)22-21-13-14-4-8-16(19)9-5-14/h4-11,13,20H,2-3,12H2,1H3,(H,22,23)/b21-13+. The highest BCUT2D eigenvalue weighted by Crippen LogP contribution is 2.10. The molecule has 2 aromatic rings. The minimum absolute atomic E-state index is 0.224. The molecule has 0 aliphatic rings. The van der Waals surface area contributed by atoms with Crippen LogP contribution in [0, 0.1) is 0 Å². The maximum Gasteiger partial charge on any atom is 0.271 e. The normalized spacial score (nSPS) is 10.7. The fourth-order valence-electron chi connectivity index (χ4n) is 1.93. The Labute approximate surface area is 145 Å². The van der Waals surface area contributed by atoms with Crippen LogP contribution in [0.5, 0.6) is 0 Å². The quantitative estimate of drug-likeness (QED) is 0.428. The summed E-state index contributed by atoms with van der Waals surface area (Å²) in [6.07, 6.45) is 3.90. The first-order valence-electron chi connectivity index (χ1n) is 7.62. The number of carbonyl (C=O) groups excluding carboxylic acids is 1. The molecule has 0 saturated carbocycles. The van der Waals surface area contributed by atoms with Crippen LogP contribution < -0.4 is 10.7 Å². The summed E-state index contributed by atoms with van der Waals surface area (Å²) >= 11 is 3.37. The molecule has 120 valence electrons. The fourth-order valence-corrected chi connectivity index (χ4v) is 2.19. The van der Waals surface area contributed by atoms with Gasteiger partial charge in [-0.1, -0.05) is 41.4 Å². The van der Waals surface area contributed by atoms with Crippen molar-refractivity contribution in [3.05, 3.63) is 64.1 Å². The fraction of sp³-hybridized carbons (Fsp3) is 0.222. The van der Waals surface area contributed by atoms with Crippen LogP contribution in [0.4, 0.5) is 5.69 Å². The van der Waals surface area contributed by atoms with Gasteiger partial charge in [-0.2, -0.15) is 5.10 Å². The molecule has 0 unspecified atom stereocenters. The highest BCUT2D eigenvalue weighted by Gasteiger charge is 2.03. The van der Waals surface area contributed by atoms with E-state index in [1.807, 2.05) is 36.4 Å². The van der Waals surface area contributed by atoms with E-state index >= 15 is 0 Å². The second kappa shape index (κ2) is 9.10. The van der Waals surface area contributed by atoms with Gasteiger partial charge in [0.15, 0.2) is 0 Å². The van der Waals surface area contributed by atoms with Crippen molar-refractivity contribution in [3.63, 3.8) is 0 Å². The Kier molecular flexibility index (Phi) is 6.81. The van der Waals surface area contributed by atoms with Crippen LogP contribution >= 0.6 is 15.9 Å². The highest BCUT2D eigenvalue weighted by molar-refractivity contribution is 9.10. The number of unbranched alkanes of at least 4 members (excludes halogenated alkanes) is 1. The molecule has 0 aliphatic carbocycles. The second-order valence-electron chi connectivity index (χ2n) is 5.11. The summed E-state index contributed by atoms with van der Waals surface area (Å²) in [6, 6.07) is 15.1. The van der Waals surface area contributed by atoms with E-state index in [-0.39, 0.29) is 5.91 Å². The Morgan fingerprint density at radius 3 is 2.48 bits per heavy atom. The number of hydrogen-bond acceptors (Lipinski definition) is 3. The van der Waals surface area contributed by atoms with E-state index in [4.69, 9.17) is 0 Å². The van der Waals surface area contributed by atoms with Gasteiger partial charge in [-0.3, -0.25) is 4.79 Å². The molecule has 2 rings (SSSR count). The number of carbonyl (C=O) groups is 1. The van der Waals surface area contributed by atoms with Crippen molar-refractivity contribution in [1.82, 2.24) is 5.43 Å². The Hall–Kier alpha value is -2.14. The molecule has 0 heterocycles. The van der Waals surface area contributed by atoms with Gasteiger partial charge in [-0.25, -0.2) is 5.43 Å². The van der Waals surface area contributed by atoms with Crippen LogP contribution in [0.3, 0.4) is 0 Å². The largest absolute Gasteiger partial charge is 0.385 e. The summed E-state index contributed by atoms with van der Waals surface area (Å²) in [6.45, 7) is 3.10. The third kappa shape index (κ3) is 5.87. The van der Waals surface area contributed by atoms with Gasteiger partial charge in [0, 0.05) is 22.3 Å². The topological polar surface area (TPSA) is 53.5 Å². The van der Waals surface area contributed by atoms with Crippen LogP contribution in [0.2, 0.25) is 0 Å². The SMILES string of the molecule is CCCCNc1ccc(C(=O)N/N=C/c2ccc(Br)cc2)cc1. The van der Waals surface area contributed by atoms with E-state index < -0.39 is 0 Å². The molecule has 0 radical (unpaired) electrons. The molecule has 0 saturated heterocycles. The zero-order valence-corrected chi connectivity index (χ0v) is 14.6. The molecule has 2 aromatic carbocycles. The minimum atomic E-state index is -0.224. The molecule has 5 heteroatoms. The molecule has 4 nitrogen and oxygen atoms in total. The lowest BCUT2D eigenvalue weighted by molar-refractivity contribution is 0.0955. The Morgan fingerprint density at radius 2 is 1.83 bits per heavy atom. The lowest BCUT2D eigenvalue weighted by Gasteiger charge is -2.06. The van der Waals surface area contributed by atoms with Gasteiger partial charge >= 0.3 is 0 Å². The monoisotopic (exact) mass is 373 g/mol. The third-order valence-corrected chi connectivity index (χ3v) is 3.78. The van der Waals surface area contributed by atoms with E-state index in [0.29, 0.717) is 5.56 Å². The zero-order valence-electron chi connectivity index (χ0n) is 13.1. The van der Waals surface area contributed by atoms with Crippen molar-refractivity contribution in [2.24, 2.45) is 5.10 Å². The number of nitrogens with zero attached hydrogens (tertiary/aromatic N) is 1. The zero-order chi connectivity index (χ0) is 16.5. The molecule has 0 fully saturated rings. The number of hydrogen-bond donors (Lipinski definition) is 2. The van der Waals surface area contributed by atoms with Crippen molar-refractivity contribution in [2.45, 2.75) is 19.8 Å². The predicted octanol–water partition coefficient (Wildman–Crippen LogP) is 4.43. The molecule has 0 aliphatic heterocycles. The number of anilines is 1. The number of hydrazone groups is 1. The van der Waals surface area contributed by atoms with Crippen molar-refractivity contribution in [3.8, 4) is 0 Å². The number of halogens is 1. The van der Waals surface area contributed by atoms with Crippen LogP contribution in [-0.4, -0.2) is 18.7 Å². The average Bonchev–Trinajstić information content (AvgIpc) is 2.57. The first kappa shape index (κ1) is 17.2. The number of benzene rings is 2. The van der Waals surface area contributed by atoms with Gasteiger partial charge in [0.05, 0.1) is 6.21 Å². The van der Waals surface area contributed by atoms with E-state index in [1.165, 1.54) is 0 Å². The molecular weight excluding hydrogens is 354 g/mol. The molecule has 0 atom stereocenters. The van der Waals surface area contributed by atoms with Crippen molar-refractivity contribution < 1.29 is 4.79 Å². The van der Waals surface area contributed by atoms with Crippen molar-refractivity contribution in [1.29, 1.82) is 0 Å². The summed E-state index contributed by atoms with van der Waals surface area (Å²) in [7, 11) is 0. The number of rotatable bonds is 7. The van der Waals surface area contributed by atoms with Crippen LogP contribution in [-0.2, 0) is 0 Å². The summed E-state index contributed by atoms with van der Waals surface area (Å²) in [5, 5.41) is 7.29. The molecule has 0 spiro atoms. The molecule has 2 N–H and O–H groups in total. The van der Waals surface area contributed by atoms with E-state index in [1.54, 1.807) is 18.3 Å². The van der Waals surface area contributed by atoms with Gasteiger partial charge in [-0.15, -0.1) is 0 Å². The Balaban J connectivity index is 1.86. The molecule has 23 heavy (non-hydrogen) atoms. The summed E-state index contributed by atoms with van der Waals surface area (Å²) in [4.78, 5) is 12.0. The van der Waals surface area contributed by atoms with Gasteiger partial charge in [0.25, 0.3) is 5.91 Å². The highest BCUT2D eigenvalue weighted by atomic mass is 79.9. The number of amides is 1.